The highest BCUT2D eigenvalue weighted by Gasteiger charge is 2.43. The van der Waals surface area contributed by atoms with Crippen LogP contribution in [0.25, 0.3) is 5.82 Å². The molecule has 184 valence electrons. The fraction of sp³-hybridized carbons (Fsp3) is 0.250. The van der Waals surface area contributed by atoms with Crippen molar-refractivity contribution in [3.05, 3.63) is 95.2 Å². The molecule has 4 heterocycles. The number of methoxy groups -OCH3 is 2. The summed E-state index contributed by atoms with van der Waals surface area (Å²) in [6, 6.07) is 17.7. The van der Waals surface area contributed by atoms with Crippen molar-refractivity contribution in [3.63, 3.8) is 0 Å². The summed E-state index contributed by atoms with van der Waals surface area (Å²) in [5.41, 5.74) is 6.17. The number of aryl methyl sites for hydroxylation is 2. The highest BCUT2D eigenvalue weighted by molar-refractivity contribution is 7.80. The molecule has 7 nitrogen and oxygen atoms in total. The first kappa shape index (κ1) is 23.8. The van der Waals surface area contributed by atoms with Crippen LogP contribution in [0, 0.1) is 20.8 Å². The van der Waals surface area contributed by atoms with Crippen LogP contribution in [0.2, 0.25) is 0 Å². The van der Waals surface area contributed by atoms with Crippen molar-refractivity contribution in [2.45, 2.75) is 32.9 Å². The first-order valence-electron chi connectivity index (χ1n) is 11.8. The summed E-state index contributed by atoms with van der Waals surface area (Å²) >= 11 is 5.93. The normalized spacial score (nSPS) is 17.2. The molecule has 4 aromatic rings. The van der Waals surface area contributed by atoms with Gasteiger partial charge in [-0.15, -0.1) is 0 Å². The predicted octanol–water partition coefficient (Wildman–Crippen LogP) is 5.39. The number of benzene rings is 1. The first-order valence-corrected chi connectivity index (χ1v) is 12.2. The maximum absolute atomic E-state index is 5.93. The molecule has 1 aliphatic heterocycles. The van der Waals surface area contributed by atoms with Crippen LogP contribution in [-0.2, 0) is 0 Å². The Balaban J connectivity index is 1.71. The number of rotatable bonds is 6. The zero-order valence-corrected chi connectivity index (χ0v) is 21.8. The van der Waals surface area contributed by atoms with Gasteiger partial charge in [-0.05, 0) is 80.5 Å². The monoisotopic (exact) mass is 499 g/mol. The smallest absolute Gasteiger partial charge is 0.174 e. The van der Waals surface area contributed by atoms with Crippen LogP contribution in [0.3, 0.4) is 0 Å². The van der Waals surface area contributed by atoms with Gasteiger partial charge < -0.3 is 24.3 Å². The highest BCUT2D eigenvalue weighted by Crippen LogP contribution is 2.47. The Bertz CT molecular complexity index is 1400. The van der Waals surface area contributed by atoms with Crippen molar-refractivity contribution in [1.29, 1.82) is 0 Å². The second-order valence-electron chi connectivity index (χ2n) is 8.89. The van der Waals surface area contributed by atoms with E-state index in [1.54, 1.807) is 14.2 Å². The van der Waals surface area contributed by atoms with Gasteiger partial charge in [0.1, 0.15) is 17.3 Å². The third kappa shape index (κ3) is 4.07. The summed E-state index contributed by atoms with van der Waals surface area (Å²) in [6.07, 6.45) is 3.70. The first-order chi connectivity index (χ1) is 17.4. The Morgan fingerprint density at radius 1 is 0.944 bits per heavy atom. The lowest BCUT2D eigenvalue weighted by Gasteiger charge is -2.29. The molecule has 8 heteroatoms. The molecular formula is C28H29N5O2S. The van der Waals surface area contributed by atoms with E-state index in [2.05, 4.69) is 56.8 Å². The van der Waals surface area contributed by atoms with Crippen LogP contribution >= 0.6 is 12.2 Å². The Hall–Kier alpha value is -3.91. The summed E-state index contributed by atoms with van der Waals surface area (Å²) in [7, 11) is 3.32. The molecule has 2 atom stereocenters. The molecule has 1 aromatic carbocycles. The van der Waals surface area contributed by atoms with Gasteiger partial charge in [0.25, 0.3) is 0 Å². The minimum absolute atomic E-state index is 0.172. The summed E-state index contributed by atoms with van der Waals surface area (Å²) in [6.45, 7) is 6.27. The zero-order valence-electron chi connectivity index (χ0n) is 21.0. The van der Waals surface area contributed by atoms with Gasteiger partial charge in [-0.3, -0.25) is 4.98 Å². The summed E-state index contributed by atoms with van der Waals surface area (Å²) in [5, 5.41) is 4.13. The molecular weight excluding hydrogens is 470 g/mol. The Morgan fingerprint density at radius 2 is 1.78 bits per heavy atom. The maximum Gasteiger partial charge on any atom is 0.174 e. The number of pyridine rings is 2. The number of hydrogen-bond acceptors (Lipinski definition) is 5. The quantitative estimate of drug-likeness (QED) is 0.357. The van der Waals surface area contributed by atoms with Gasteiger partial charge in [-0.1, -0.05) is 12.1 Å². The minimum Gasteiger partial charge on any atom is -0.497 e. The van der Waals surface area contributed by atoms with Crippen LogP contribution in [0.5, 0.6) is 11.5 Å². The molecule has 0 spiro atoms. The molecule has 0 amide bonds. The van der Waals surface area contributed by atoms with E-state index in [0.29, 0.717) is 10.9 Å². The lowest BCUT2D eigenvalue weighted by Crippen LogP contribution is -2.30. The molecule has 1 N–H and O–H groups in total. The van der Waals surface area contributed by atoms with Crippen LogP contribution in [0.15, 0.2) is 67.0 Å². The average molecular weight is 500 g/mol. The molecule has 0 saturated carbocycles. The van der Waals surface area contributed by atoms with Crippen molar-refractivity contribution in [2.75, 3.05) is 19.1 Å². The molecule has 1 fully saturated rings. The fourth-order valence-corrected chi connectivity index (χ4v) is 5.29. The number of hydrogen-bond donors (Lipinski definition) is 1. The summed E-state index contributed by atoms with van der Waals surface area (Å²) in [5.74, 6) is 2.32. The lowest BCUT2D eigenvalue weighted by molar-refractivity contribution is 0.403. The Kier molecular flexibility index (Phi) is 6.36. The van der Waals surface area contributed by atoms with Crippen molar-refractivity contribution in [2.24, 2.45) is 0 Å². The van der Waals surface area contributed by atoms with Gasteiger partial charge in [-0.25, -0.2) is 4.98 Å². The van der Waals surface area contributed by atoms with E-state index in [4.69, 9.17) is 21.7 Å². The number of nitrogens with one attached hydrogen (secondary N) is 1. The largest absolute Gasteiger partial charge is 0.497 e. The summed E-state index contributed by atoms with van der Waals surface area (Å²) < 4.78 is 13.5. The Labute approximate surface area is 216 Å². The van der Waals surface area contributed by atoms with E-state index in [0.717, 1.165) is 45.5 Å². The van der Waals surface area contributed by atoms with Crippen molar-refractivity contribution in [1.82, 2.24) is 19.9 Å². The van der Waals surface area contributed by atoms with Gasteiger partial charge in [0.2, 0.25) is 0 Å². The van der Waals surface area contributed by atoms with E-state index in [1.807, 2.05) is 55.7 Å². The van der Waals surface area contributed by atoms with Gasteiger partial charge >= 0.3 is 0 Å². The SMILES string of the molecule is COc1ccc(OC)c(N2C(=S)N[C@@H](c3ccccn3)[C@H]2c2cc(C)n(-c3ccc(C)cn3)c2C)c1. The van der Waals surface area contributed by atoms with E-state index < -0.39 is 0 Å². The maximum atomic E-state index is 5.93. The van der Waals surface area contributed by atoms with Gasteiger partial charge in [0.05, 0.1) is 37.7 Å². The number of aromatic nitrogens is 3. The molecule has 3 aromatic heterocycles. The molecule has 0 bridgehead atoms. The third-order valence-corrected chi connectivity index (χ3v) is 6.97. The van der Waals surface area contributed by atoms with E-state index >= 15 is 0 Å². The standard InChI is InChI=1S/C28H29N5O2S/c1-17-9-12-25(30-16-17)32-18(2)14-21(19(32)3)27-26(22-8-6-7-13-29-22)31-28(36)33(27)23-15-20(34-4)10-11-24(23)35-5/h6-16,26-27H,1-5H3,(H,31,36)/t26-,27+/m0/s1. The molecule has 0 unspecified atom stereocenters. The number of anilines is 1. The molecule has 1 aliphatic rings. The minimum atomic E-state index is -0.182. The number of nitrogens with zero attached hydrogens (tertiary/aromatic N) is 4. The van der Waals surface area contributed by atoms with Crippen molar-refractivity contribution < 1.29 is 9.47 Å². The fourth-order valence-electron chi connectivity index (χ4n) is 4.95. The van der Waals surface area contributed by atoms with Crippen LogP contribution in [0.1, 0.15) is 40.3 Å². The van der Waals surface area contributed by atoms with Crippen LogP contribution < -0.4 is 19.7 Å². The molecule has 36 heavy (non-hydrogen) atoms. The zero-order chi connectivity index (χ0) is 25.4. The van der Waals surface area contributed by atoms with Gasteiger partial charge in [-0.2, -0.15) is 0 Å². The number of thiocarbonyl (C=S) groups is 1. The molecule has 0 radical (unpaired) electrons. The molecule has 5 rings (SSSR count). The van der Waals surface area contributed by atoms with E-state index in [1.165, 1.54) is 0 Å². The van der Waals surface area contributed by atoms with E-state index in [9.17, 15) is 0 Å². The summed E-state index contributed by atoms with van der Waals surface area (Å²) in [4.78, 5) is 11.5. The third-order valence-electron chi connectivity index (χ3n) is 6.66. The van der Waals surface area contributed by atoms with Crippen LogP contribution in [0.4, 0.5) is 5.69 Å². The second kappa shape index (κ2) is 9.62. The van der Waals surface area contributed by atoms with Crippen molar-refractivity contribution >= 4 is 23.0 Å². The average Bonchev–Trinajstić information content (AvgIpc) is 3.39. The van der Waals surface area contributed by atoms with Crippen LogP contribution in [-0.4, -0.2) is 33.9 Å². The topological polar surface area (TPSA) is 64.4 Å². The second-order valence-corrected chi connectivity index (χ2v) is 9.28. The number of ether oxygens (including phenoxy) is 2. The highest BCUT2D eigenvalue weighted by atomic mass is 32.1. The van der Waals surface area contributed by atoms with E-state index in [-0.39, 0.29) is 12.1 Å². The molecule has 0 aliphatic carbocycles. The predicted molar refractivity (Wildman–Crippen MR) is 145 cm³/mol. The Morgan fingerprint density at radius 3 is 2.44 bits per heavy atom. The van der Waals surface area contributed by atoms with Crippen molar-refractivity contribution in [3.8, 4) is 17.3 Å². The van der Waals surface area contributed by atoms with Gasteiger partial charge in [0.15, 0.2) is 5.11 Å². The molecule has 1 saturated heterocycles. The lowest BCUT2D eigenvalue weighted by atomic mass is 9.96. The van der Waals surface area contributed by atoms with Gasteiger partial charge in [0, 0.05) is 29.8 Å².